The molecule has 1 atom stereocenters. The molecule has 0 spiro atoms. The second kappa shape index (κ2) is 3.63. The van der Waals surface area contributed by atoms with E-state index >= 15 is 0 Å². The van der Waals surface area contributed by atoms with Crippen LogP contribution in [0.3, 0.4) is 0 Å². The lowest BCUT2D eigenvalue weighted by atomic mass is 10.6. The summed E-state index contributed by atoms with van der Waals surface area (Å²) in [4.78, 5) is 1.94. The van der Waals surface area contributed by atoms with Crippen molar-refractivity contribution in [2.24, 2.45) is 0 Å². The van der Waals surface area contributed by atoms with Crippen LogP contribution in [0.1, 0.15) is 0 Å². The molecule has 0 saturated carbocycles. The van der Waals surface area contributed by atoms with E-state index in [9.17, 15) is 0 Å². The van der Waals surface area contributed by atoms with E-state index in [4.69, 9.17) is 5.11 Å². The first-order valence-electron chi connectivity index (χ1n) is 2.10. The van der Waals surface area contributed by atoms with Gasteiger partial charge in [0, 0.05) is 6.54 Å². The highest BCUT2D eigenvalue weighted by molar-refractivity contribution is 14.1. The van der Waals surface area contributed by atoms with Crippen LogP contribution in [0.2, 0.25) is 0 Å². The number of halogens is 1. The molecular formula is C4H10INO. The number of likely N-dealkylation sites (N-methyl/N-ethyl adjacent to an activating group) is 1. The molecule has 44 valence electrons. The zero-order valence-corrected chi connectivity index (χ0v) is 6.71. The van der Waals surface area contributed by atoms with Crippen LogP contribution in [0.4, 0.5) is 0 Å². The van der Waals surface area contributed by atoms with Crippen molar-refractivity contribution in [2.75, 3.05) is 20.6 Å². The van der Waals surface area contributed by atoms with Crippen LogP contribution in [-0.4, -0.2) is 34.8 Å². The summed E-state index contributed by atoms with van der Waals surface area (Å²) < 4.78 is -0.229. The topological polar surface area (TPSA) is 23.5 Å². The molecular weight excluding hydrogens is 205 g/mol. The van der Waals surface area contributed by atoms with E-state index in [1.165, 1.54) is 0 Å². The van der Waals surface area contributed by atoms with Crippen molar-refractivity contribution in [3.05, 3.63) is 0 Å². The van der Waals surface area contributed by atoms with Gasteiger partial charge in [0.1, 0.15) is 4.11 Å². The number of aliphatic hydroxyl groups excluding tert-OH is 1. The van der Waals surface area contributed by atoms with E-state index < -0.39 is 0 Å². The van der Waals surface area contributed by atoms with Crippen LogP contribution < -0.4 is 0 Å². The monoisotopic (exact) mass is 215 g/mol. The lowest BCUT2D eigenvalue weighted by molar-refractivity contribution is 0.226. The van der Waals surface area contributed by atoms with Gasteiger partial charge in [-0.25, -0.2) is 0 Å². The lowest BCUT2D eigenvalue weighted by Crippen LogP contribution is -2.20. The van der Waals surface area contributed by atoms with Crippen molar-refractivity contribution in [3.63, 3.8) is 0 Å². The van der Waals surface area contributed by atoms with Crippen LogP contribution in [0, 0.1) is 0 Å². The van der Waals surface area contributed by atoms with Crippen LogP contribution in [0.5, 0.6) is 0 Å². The molecule has 0 aromatic carbocycles. The lowest BCUT2D eigenvalue weighted by Gasteiger charge is -2.08. The number of rotatable bonds is 2. The summed E-state index contributed by atoms with van der Waals surface area (Å²) in [7, 11) is 3.86. The third kappa shape index (κ3) is 6.65. The maximum absolute atomic E-state index is 8.67. The molecule has 0 fully saturated rings. The highest BCUT2D eigenvalue weighted by atomic mass is 127. The van der Waals surface area contributed by atoms with Crippen molar-refractivity contribution < 1.29 is 5.11 Å². The average molecular weight is 215 g/mol. The largest absolute Gasteiger partial charge is 0.381 e. The first kappa shape index (κ1) is 7.65. The Morgan fingerprint density at radius 2 is 2.14 bits per heavy atom. The van der Waals surface area contributed by atoms with E-state index in [1.807, 2.05) is 41.6 Å². The summed E-state index contributed by atoms with van der Waals surface area (Å²) in [6, 6.07) is 0. The highest BCUT2D eigenvalue weighted by Crippen LogP contribution is 1.93. The predicted molar refractivity (Wildman–Crippen MR) is 38.6 cm³/mol. The molecule has 0 saturated heterocycles. The summed E-state index contributed by atoms with van der Waals surface area (Å²) in [5.74, 6) is 0. The predicted octanol–water partition coefficient (Wildman–Crippen LogP) is 0.301. The Morgan fingerprint density at radius 1 is 1.71 bits per heavy atom. The SMILES string of the molecule is CN(C)CC(O)I. The standard InChI is InChI=1S/C4H10INO/c1-6(2)3-4(5)7/h4,7H,3H2,1-2H3. The fourth-order valence-electron chi connectivity index (χ4n) is 0.301. The molecule has 1 N–H and O–H groups in total. The smallest absolute Gasteiger partial charge is 0.117 e. The Morgan fingerprint density at radius 3 is 2.14 bits per heavy atom. The Balaban J connectivity index is 2.95. The van der Waals surface area contributed by atoms with Crippen LogP contribution >= 0.6 is 22.6 Å². The van der Waals surface area contributed by atoms with Crippen LogP contribution in [0.15, 0.2) is 0 Å². The van der Waals surface area contributed by atoms with E-state index in [-0.39, 0.29) is 4.11 Å². The summed E-state index contributed by atoms with van der Waals surface area (Å²) in [5.41, 5.74) is 0. The maximum atomic E-state index is 8.67. The minimum atomic E-state index is -0.229. The zero-order chi connectivity index (χ0) is 5.86. The Labute approximate surface area is 57.6 Å². The van der Waals surface area contributed by atoms with Gasteiger partial charge >= 0.3 is 0 Å². The Bertz CT molecular complexity index is 41.0. The van der Waals surface area contributed by atoms with Crippen molar-refractivity contribution in [1.29, 1.82) is 0 Å². The van der Waals surface area contributed by atoms with E-state index in [0.29, 0.717) is 0 Å². The van der Waals surface area contributed by atoms with Gasteiger partial charge in [-0.2, -0.15) is 0 Å². The van der Waals surface area contributed by atoms with Crippen molar-refractivity contribution >= 4 is 22.6 Å². The zero-order valence-electron chi connectivity index (χ0n) is 4.56. The van der Waals surface area contributed by atoms with Gasteiger partial charge in [0.25, 0.3) is 0 Å². The van der Waals surface area contributed by atoms with Crippen LogP contribution in [0.25, 0.3) is 0 Å². The second-order valence-corrected chi connectivity index (χ2v) is 3.13. The Hall–Kier alpha value is 0.650. The molecule has 2 nitrogen and oxygen atoms in total. The second-order valence-electron chi connectivity index (χ2n) is 1.70. The van der Waals surface area contributed by atoms with Crippen molar-refractivity contribution in [1.82, 2.24) is 4.90 Å². The number of hydrogen-bond acceptors (Lipinski definition) is 2. The maximum Gasteiger partial charge on any atom is 0.117 e. The molecule has 0 bridgehead atoms. The van der Waals surface area contributed by atoms with Gasteiger partial charge in [-0.3, -0.25) is 0 Å². The molecule has 3 heteroatoms. The number of alkyl halides is 1. The van der Waals surface area contributed by atoms with Gasteiger partial charge in [0.15, 0.2) is 0 Å². The van der Waals surface area contributed by atoms with Crippen molar-refractivity contribution in [2.45, 2.75) is 4.11 Å². The normalized spacial score (nSPS) is 15.0. The summed E-state index contributed by atoms with van der Waals surface area (Å²) >= 11 is 1.97. The molecule has 0 amide bonds. The molecule has 0 heterocycles. The summed E-state index contributed by atoms with van der Waals surface area (Å²) in [6.07, 6.45) is 0. The van der Waals surface area contributed by atoms with Gasteiger partial charge in [0.05, 0.1) is 0 Å². The number of nitrogens with zero attached hydrogens (tertiary/aromatic N) is 1. The van der Waals surface area contributed by atoms with Gasteiger partial charge < -0.3 is 10.0 Å². The molecule has 0 aliphatic heterocycles. The first-order valence-corrected chi connectivity index (χ1v) is 3.34. The van der Waals surface area contributed by atoms with Crippen molar-refractivity contribution in [3.8, 4) is 0 Å². The molecule has 7 heavy (non-hydrogen) atoms. The molecule has 0 aliphatic carbocycles. The van der Waals surface area contributed by atoms with E-state index in [0.717, 1.165) is 6.54 Å². The van der Waals surface area contributed by atoms with E-state index in [2.05, 4.69) is 0 Å². The van der Waals surface area contributed by atoms with Gasteiger partial charge in [-0.05, 0) is 14.1 Å². The number of aliphatic hydroxyl groups is 1. The van der Waals surface area contributed by atoms with Gasteiger partial charge in [-0.15, -0.1) is 0 Å². The average Bonchev–Trinajstić information content (AvgIpc) is 1.27. The quantitative estimate of drug-likeness (QED) is 0.529. The Kier molecular flexibility index (Phi) is 3.96. The minimum absolute atomic E-state index is 0.229. The summed E-state index contributed by atoms with van der Waals surface area (Å²) in [6.45, 7) is 0.737. The molecule has 0 aromatic heterocycles. The van der Waals surface area contributed by atoms with E-state index in [1.54, 1.807) is 0 Å². The fraction of sp³-hybridized carbons (Fsp3) is 1.00. The third-order valence-electron chi connectivity index (χ3n) is 0.516. The first-order chi connectivity index (χ1) is 3.13. The third-order valence-corrected chi connectivity index (χ3v) is 0.910. The highest BCUT2D eigenvalue weighted by Gasteiger charge is 1.95. The van der Waals surface area contributed by atoms with Gasteiger partial charge in [0.2, 0.25) is 0 Å². The fourth-order valence-corrected chi connectivity index (χ4v) is 1.09. The number of hydrogen-bond donors (Lipinski definition) is 1. The molecule has 0 radical (unpaired) electrons. The minimum Gasteiger partial charge on any atom is -0.381 e. The molecule has 0 rings (SSSR count). The molecule has 1 unspecified atom stereocenters. The molecule has 0 aliphatic rings. The molecule has 0 aromatic rings. The van der Waals surface area contributed by atoms with Gasteiger partial charge in [-0.1, -0.05) is 22.6 Å². The van der Waals surface area contributed by atoms with Crippen LogP contribution in [-0.2, 0) is 0 Å². The summed E-state index contributed by atoms with van der Waals surface area (Å²) in [5, 5.41) is 8.67.